The van der Waals surface area contributed by atoms with Crippen molar-refractivity contribution in [3.05, 3.63) is 83.9 Å². The molecule has 0 aliphatic carbocycles. The van der Waals surface area contributed by atoms with Crippen molar-refractivity contribution < 1.29 is 14.6 Å². The average Bonchev–Trinajstić information content (AvgIpc) is 3.28. The summed E-state index contributed by atoms with van der Waals surface area (Å²) < 4.78 is 7.01. The Kier molecular flexibility index (Phi) is 7.24. The molecule has 3 aromatic carbocycles. The summed E-state index contributed by atoms with van der Waals surface area (Å²) in [4.78, 5) is 12.4. The lowest BCUT2D eigenvalue weighted by atomic mass is 10.1. The van der Waals surface area contributed by atoms with E-state index in [0.29, 0.717) is 22.3 Å². The van der Waals surface area contributed by atoms with Crippen molar-refractivity contribution in [2.45, 2.75) is 12.1 Å². The average molecular weight is 474 g/mol. The topological polar surface area (TPSA) is 102 Å². The van der Waals surface area contributed by atoms with E-state index in [-0.39, 0.29) is 17.4 Å². The van der Waals surface area contributed by atoms with E-state index in [2.05, 4.69) is 20.7 Å². The molecule has 0 spiro atoms. The number of nitrogens with one attached hydrogen (secondary N) is 1. The molecule has 1 amide bonds. The number of nitrogens with zero attached hydrogens (tertiary/aromatic N) is 4. The molecule has 1 heterocycles. The number of carbonyl (C=O) groups is 1. The van der Waals surface area contributed by atoms with Crippen LogP contribution in [-0.2, 0) is 4.79 Å². The Labute approximate surface area is 201 Å². The maximum atomic E-state index is 12.4. The van der Waals surface area contributed by atoms with Crippen LogP contribution in [0.5, 0.6) is 11.5 Å². The van der Waals surface area contributed by atoms with Gasteiger partial charge in [-0.1, -0.05) is 59.8 Å². The van der Waals surface area contributed by atoms with Crippen LogP contribution in [0.4, 0.5) is 0 Å². The van der Waals surface area contributed by atoms with Crippen LogP contribution >= 0.6 is 11.8 Å². The van der Waals surface area contributed by atoms with Gasteiger partial charge >= 0.3 is 0 Å². The van der Waals surface area contributed by atoms with Crippen LogP contribution in [0, 0.1) is 6.92 Å². The minimum absolute atomic E-state index is 0.0348. The zero-order valence-electron chi connectivity index (χ0n) is 18.7. The molecular formula is C25H23N5O3S. The van der Waals surface area contributed by atoms with Crippen LogP contribution in [0.15, 0.2) is 83.1 Å². The third-order valence-electron chi connectivity index (χ3n) is 4.90. The number of benzene rings is 3. The Balaban J connectivity index is 1.47. The van der Waals surface area contributed by atoms with E-state index in [9.17, 15) is 9.90 Å². The number of amides is 1. The number of rotatable bonds is 8. The molecule has 8 nitrogen and oxygen atoms in total. The summed E-state index contributed by atoms with van der Waals surface area (Å²) in [6.45, 7) is 2.03. The number of hydrogen-bond donors (Lipinski definition) is 2. The van der Waals surface area contributed by atoms with Gasteiger partial charge in [0.05, 0.1) is 19.1 Å². The van der Waals surface area contributed by atoms with Gasteiger partial charge < -0.3 is 9.84 Å². The fourth-order valence-electron chi connectivity index (χ4n) is 3.18. The van der Waals surface area contributed by atoms with Crippen LogP contribution in [0.1, 0.15) is 11.1 Å². The van der Waals surface area contributed by atoms with E-state index in [1.807, 2.05) is 66.1 Å². The molecule has 0 bridgehead atoms. The Morgan fingerprint density at radius 3 is 2.62 bits per heavy atom. The number of aryl methyl sites for hydroxylation is 1. The summed E-state index contributed by atoms with van der Waals surface area (Å²) in [5.74, 6) is 0.887. The molecule has 0 unspecified atom stereocenters. The van der Waals surface area contributed by atoms with Crippen molar-refractivity contribution in [1.82, 2.24) is 20.2 Å². The maximum Gasteiger partial charge on any atom is 0.250 e. The molecule has 9 heteroatoms. The number of carbonyl (C=O) groups excluding carboxylic acids is 1. The van der Waals surface area contributed by atoms with E-state index in [0.717, 1.165) is 16.8 Å². The van der Waals surface area contributed by atoms with Gasteiger partial charge in [0.1, 0.15) is 0 Å². The second-order valence-electron chi connectivity index (χ2n) is 7.36. The smallest absolute Gasteiger partial charge is 0.250 e. The lowest BCUT2D eigenvalue weighted by Gasteiger charge is -2.10. The number of aromatic nitrogens is 3. The zero-order chi connectivity index (χ0) is 23.9. The lowest BCUT2D eigenvalue weighted by molar-refractivity contribution is -0.118. The van der Waals surface area contributed by atoms with Gasteiger partial charge in [-0.05, 0) is 42.8 Å². The van der Waals surface area contributed by atoms with Crippen LogP contribution in [-0.4, -0.2) is 44.9 Å². The molecular weight excluding hydrogens is 450 g/mol. The van der Waals surface area contributed by atoms with Gasteiger partial charge in [-0.3, -0.25) is 9.36 Å². The van der Waals surface area contributed by atoms with Gasteiger partial charge in [-0.2, -0.15) is 5.10 Å². The molecule has 0 saturated carbocycles. The van der Waals surface area contributed by atoms with Crippen LogP contribution < -0.4 is 10.2 Å². The molecule has 172 valence electrons. The third-order valence-corrected chi connectivity index (χ3v) is 5.83. The van der Waals surface area contributed by atoms with E-state index < -0.39 is 0 Å². The molecule has 4 rings (SSSR count). The van der Waals surface area contributed by atoms with Gasteiger partial charge in [0.25, 0.3) is 5.91 Å². The molecule has 4 aromatic rings. The van der Waals surface area contributed by atoms with Crippen LogP contribution in [0.25, 0.3) is 17.1 Å². The SMILES string of the molecule is COc1cc(/C=N\NC(=O)CSc2nnc(-c3ccc(C)cc3)n2-c2ccccc2)ccc1O. The predicted molar refractivity (Wildman–Crippen MR) is 133 cm³/mol. The largest absolute Gasteiger partial charge is 0.504 e. The molecule has 0 fully saturated rings. The first kappa shape index (κ1) is 23.1. The first-order chi connectivity index (χ1) is 16.5. The second kappa shape index (κ2) is 10.7. The number of hydrogen-bond acceptors (Lipinski definition) is 7. The Hall–Kier alpha value is -4.11. The lowest BCUT2D eigenvalue weighted by Crippen LogP contribution is -2.20. The van der Waals surface area contributed by atoms with Crippen molar-refractivity contribution in [2.24, 2.45) is 5.10 Å². The minimum atomic E-state index is -0.286. The Morgan fingerprint density at radius 2 is 1.88 bits per heavy atom. The highest BCUT2D eigenvalue weighted by Gasteiger charge is 2.17. The predicted octanol–water partition coefficient (Wildman–Crippen LogP) is 4.20. The number of methoxy groups -OCH3 is 1. The highest BCUT2D eigenvalue weighted by Crippen LogP contribution is 2.28. The standard InChI is InChI=1S/C25H23N5O3S/c1-17-8-11-19(12-9-17)24-28-29-25(30(24)20-6-4-3-5-7-20)34-16-23(32)27-26-15-18-10-13-21(31)22(14-18)33-2/h3-15,31H,16H2,1-2H3,(H,27,32)/b26-15-. The third kappa shape index (κ3) is 5.44. The van der Waals surface area contributed by atoms with E-state index in [1.165, 1.54) is 31.2 Å². The molecule has 0 aliphatic rings. The van der Waals surface area contributed by atoms with E-state index >= 15 is 0 Å². The van der Waals surface area contributed by atoms with E-state index in [4.69, 9.17) is 4.74 Å². The first-order valence-corrected chi connectivity index (χ1v) is 11.4. The number of phenolic OH excluding ortho intramolecular Hbond substituents is 1. The van der Waals surface area contributed by atoms with Crippen molar-refractivity contribution in [2.75, 3.05) is 12.9 Å². The van der Waals surface area contributed by atoms with Gasteiger partial charge in [-0.15, -0.1) is 10.2 Å². The normalized spacial score (nSPS) is 11.0. The molecule has 34 heavy (non-hydrogen) atoms. The molecule has 0 aliphatic heterocycles. The fourth-order valence-corrected chi connectivity index (χ4v) is 3.92. The zero-order valence-corrected chi connectivity index (χ0v) is 19.5. The number of thioether (sulfide) groups is 1. The van der Waals surface area contributed by atoms with Crippen molar-refractivity contribution >= 4 is 23.9 Å². The summed E-state index contributed by atoms with van der Waals surface area (Å²) in [6.07, 6.45) is 1.48. The summed E-state index contributed by atoms with van der Waals surface area (Å²) in [7, 11) is 1.47. The molecule has 1 aromatic heterocycles. The Bertz CT molecular complexity index is 1300. The fraction of sp³-hybridized carbons (Fsp3) is 0.120. The molecule has 0 saturated heterocycles. The number of phenols is 1. The number of ether oxygens (including phenoxy) is 1. The number of aromatic hydroxyl groups is 1. The number of hydrazone groups is 1. The molecule has 0 atom stereocenters. The van der Waals surface area contributed by atoms with Crippen molar-refractivity contribution in [3.8, 4) is 28.6 Å². The summed E-state index contributed by atoms with van der Waals surface area (Å²) >= 11 is 1.27. The second-order valence-corrected chi connectivity index (χ2v) is 8.30. The van der Waals surface area contributed by atoms with Crippen LogP contribution in [0.2, 0.25) is 0 Å². The van der Waals surface area contributed by atoms with Gasteiger partial charge in [0, 0.05) is 11.3 Å². The summed E-state index contributed by atoms with van der Waals surface area (Å²) in [5.41, 5.74) is 6.19. The minimum Gasteiger partial charge on any atom is -0.504 e. The quantitative estimate of drug-likeness (QED) is 0.226. The molecule has 0 radical (unpaired) electrons. The van der Waals surface area contributed by atoms with E-state index in [1.54, 1.807) is 12.1 Å². The van der Waals surface area contributed by atoms with Gasteiger partial charge in [-0.25, -0.2) is 5.43 Å². The highest BCUT2D eigenvalue weighted by atomic mass is 32.2. The van der Waals surface area contributed by atoms with Crippen molar-refractivity contribution in [3.63, 3.8) is 0 Å². The summed E-state index contributed by atoms with van der Waals surface area (Å²) in [6, 6.07) is 22.6. The molecule has 2 N–H and O–H groups in total. The Morgan fingerprint density at radius 1 is 1.12 bits per heavy atom. The van der Waals surface area contributed by atoms with Crippen LogP contribution in [0.3, 0.4) is 0 Å². The number of para-hydroxylation sites is 1. The van der Waals surface area contributed by atoms with Gasteiger partial charge in [0.15, 0.2) is 22.5 Å². The monoisotopic (exact) mass is 473 g/mol. The summed E-state index contributed by atoms with van der Waals surface area (Å²) in [5, 5.41) is 23.0. The van der Waals surface area contributed by atoms with Crippen molar-refractivity contribution in [1.29, 1.82) is 0 Å². The highest BCUT2D eigenvalue weighted by molar-refractivity contribution is 7.99. The van der Waals surface area contributed by atoms with Gasteiger partial charge in [0.2, 0.25) is 0 Å². The maximum absolute atomic E-state index is 12.4. The first-order valence-electron chi connectivity index (χ1n) is 10.4.